The number of halogens is 3. The van der Waals surface area contributed by atoms with E-state index in [-0.39, 0.29) is 25.2 Å². The summed E-state index contributed by atoms with van der Waals surface area (Å²) in [4.78, 5) is 14.7. The number of hydrogen-bond donors (Lipinski definition) is 1. The molecule has 2 rings (SSSR count). The summed E-state index contributed by atoms with van der Waals surface area (Å²) in [6.45, 7) is 1.43. The van der Waals surface area contributed by atoms with Crippen LogP contribution >= 0.6 is 0 Å². The minimum absolute atomic E-state index is 0.0284. The van der Waals surface area contributed by atoms with Crippen molar-refractivity contribution >= 4 is 6.03 Å². The molecule has 0 spiro atoms. The number of nitrogens with zero attached hydrogens (tertiary/aromatic N) is 2. The molecule has 0 aromatic heterocycles. The van der Waals surface area contributed by atoms with Crippen molar-refractivity contribution in [1.82, 2.24) is 15.1 Å². The first-order chi connectivity index (χ1) is 8.94. The van der Waals surface area contributed by atoms with Crippen molar-refractivity contribution in [3.05, 3.63) is 0 Å². The molecule has 0 saturated carbocycles. The third-order valence-corrected chi connectivity index (χ3v) is 3.32. The highest BCUT2D eigenvalue weighted by Crippen LogP contribution is 2.17. The van der Waals surface area contributed by atoms with Crippen LogP contribution < -0.4 is 5.32 Å². The second-order valence-electron chi connectivity index (χ2n) is 4.89. The van der Waals surface area contributed by atoms with Gasteiger partial charge in [0.05, 0.1) is 19.2 Å². The van der Waals surface area contributed by atoms with Crippen molar-refractivity contribution in [2.75, 3.05) is 45.9 Å². The molecule has 2 aliphatic rings. The Bertz CT molecular complexity index is 311. The smallest absolute Gasteiger partial charge is 0.379 e. The first kappa shape index (κ1) is 14.4. The molecule has 8 heteroatoms. The van der Waals surface area contributed by atoms with Gasteiger partial charge in [-0.3, -0.25) is 4.90 Å². The molecule has 110 valence electrons. The number of alkyl halides is 3. The largest absolute Gasteiger partial charge is 0.401 e. The number of carbonyl (C=O) groups is 1. The first-order valence-electron chi connectivity index (χ1n) is 6.36. The fourth-order valence-corrected chi connectivity index (χ4v) is 2.28. The van der Waals surface area contributed by atoms with Crippen molar-refractivity contribution < 1.29 is 22.7 Å². The number of nitrogens with one attached hydrogen (secondary N) is 1. The fraction of sp³-hybridized carbons (Fsp3) is 0.909. The maximum absolute atomic E-state index is 12.2. The summed E-state index contributed by atoms with van der Waals surface area (Å²) < 4.78 is 41.8. The lowest BCUT2D eigenvalue weighted by Crippen LogP contribution is -2.54. The van der Waals surface area contributed by atoms with Crippen LogP contribution in [0.3, 0.4) is 0 Å². The number of amides is 2. The standard InChI is InChI=1S/C11H18F3N3O2/c12-11(13,14)8-16-2-4-17(5-3-16)10(18)15-9-1-6-19-7-9/h9H,1-8H2,(H,15,18). The number of piperazine rings is 1. The predicted molar refractivity (Wildman–Crippen MR) is 61.8 cm³/mol. The molecular weight excluding hydrogens is 263 g/mol. The molecule has 2 saturated heterocycles. The summed E-state index contributed by atoms with van der Waals surface area (Å²) in [5.74, 6) is 0. The number of urea groups is 1. The van der Waals surface area contributed by atoms with E-state index in [0.717, 1.165) is 6.42 Å². The molecule has 0 aromatic rings. The Kier molecular flexibility index (Phi) is 4.51. The van der Waals surface area contributed by atoms with E-state index < -0.39 is 12.7 Å². The molecule has 1 N–H and O–H groups in total. The Morgan fingerprint density at radius 1 is 1.26 bits per heavy atom. The number of carbonyl (C=O) groups excluding carboxylic acids is 1. The van der Waals surface area contributed by atoms with Gasteiger partial charge in [-0.15, -0.1) is 0 Å². The number of rotatable bonds is 2. The lowest BCUT2D eigenvalue weighted by molar-refractivity contribution is -0.148. The van der Waals surface area contributed by atoms with E-state index in [9.17, 15) is 18.0 Å². The van der Waals surface area contributed by atoms with Gasteiger partial charge in [-0.2, -0.15) is 13.2 Å². The molecule has 1 atom stereocenters. The highest BCUT2D eigenvalue weighted by molar-refractivity contribution is 5.74. The Labute approximate surface area is 109 Å². The second-order valence-corrected chi connectivity index (χ2v) is 4.89. The summed E-state index contributed by atoms with van der Waals surface area (Å²) >= 11 is 0. The van der Waals surface area contributed by atoms with Crippen molar-refractivity contribution in [2.24, 2.45) is 0 Å². The van der Waals surface area contributed by atoms with Gasteiger partial charge < -0.3 is 15.0 Å². The van der Waals surface area contributed by atoms with Crippen LogP contribution in [-0.2, 0) is 4.74 Å². The molecule has 5 nitrogen and oxygen atoms in total. The fourth-order valence-electron chi connectivity index (χ4n) is 2.28. The van der Waals surface area contributed by atoms with Gasteiger partial charge in [0.1, 0.15) is 0 Å². The van der Waals surface area contributed by atoms with Crippen LogP contribution in [0.5, 0.6) is 0 Å². The van der Waals surface area contributed by atoms with Gasteiger partial charge in [0.25, 0.3) is 0 Å². The van der Waals surface area contributed by atoms with Gasteiger partial charge in [0.15, 0.2) is 0 Å². The van der Waals surface area contributed by atoms with E-state index in [1.807, 2.05) is 0 Å². The lowest BCUT2D eigenvalue weighted by Gasteiger charge is -2.35. The Balaban J connectivity index is 1.71. The van der Waals surface area contributed by atoms with E-state index in [1.165, 1.54) is 4.90 Å². The van der Waals surface area contributed by atoms with Crippen LogP contribution in [0.1, 0.15) is 6.42 Å². The Morgan fingerprint density at radius 2 is 1.95 bits per heavy atom. The molecule has 19 heavy (non-hydrogen) atoms. The Morgan fingerprint density at radius 3 is 2.47 bits per heavy atom. The highest BCUT2D eigenvalue weighted by atomic mass is 19.4. The zero-order chi connectivity index (χ0) is 13.9. The SMILES string of the molecule is O=C(NC1CCOC1)N1CCN(CC(F)(F)F)CC1. The monoisotopic (exact) mass is 281 g/mol. The van der Waals surface area contributed by atoms with Gasteiger partial charge in [-0.25, -0.2) is 4.79 Å². The molecular formula is C11H18F3N3O2. The predicted octanol–water partition coefficient (Wildman–Crippen LogP) is 0.665. The van der Waals surface area contributed by atoms with Crippen LogP contribution in [-0.4, -0.2) is 74.0 Å². The zero-order valence-corrected chi connectivity index (χ0v) is 10.6. The average Bonchev–Trinajstić information content (AvgIpc) is 2.80. The van der Waals surface area contributed by atoms with Gasteiger partial charge in [-0.1, -0.05) is 0 Å². The van der Waals surface area contributed by atoms with Crippen molar-refractivity contribution in [1.29, 1.82) is 0 Å². The highest BCUT2D eigenvalue weighted by Gasteiger charge is 2.33. The maximum Gasteiger partial charge on any atom is 0.401 e. The van der Waals surface area contributed by atoms with Crippen LogP contribution in [0, 0.1) is 0 Å². The molecule has 0 bridgehead atoms. The van der Waals surface area contributed by atoms with Gasteiger partial charge in [0, 0.05) is 32.8 Å². The molecule has 2 amide bonds. The zero-order valence-electron chi connectivity index (χ0n) is 10.6. The summed E-state index contributed by atoms with van der Waals surface area (Å²) in [5, 5.41) is 2.83. The normalized spacial score (nSPS) is 25.6. The summed E-state index contributed by atoms with van der Waals surface area (Å²) in [6.07, 6.45) is -3.38. The van der Waals surface area contributed by atoms with E-state index in [2.05, 4.69) is 5.32 Å². The van der Waals surface area contributed by atoms with Crippen LogP contribution in [0.2, 0.25) is 0 Å². The van der Waals surface area contributed by atoms with Gasteiger partial charge in [0.2, 0.25) is 0 Å². The second kappa shape index (κ2) is 5.96. The van der Waals surface area contributed by atoms with Crippen LogP contribution in [0.25, 0.3) is 0 Å². The van der Waals surface area contributed by atoms with Crippen molar-refractivity contribution in [2.45, 2.75) is 18.6 Å². The van der Waals surface area contributed by atoms with Gasteiger partial charge in [-0.05, 0) is 6.42 Å². The summed E-state index contributed by atoms with van der Waals surface area (Å²) in [5.41, 5.74) is 0. The maximum atomic E-state index is 12.2. The van der Waals surface area contributed by atoms with E-state index in [0.29, 0.717) is 26.3 Å². The molecule has 1 unspecified atom stereocenters. The van der Waals surface area contributed by atoms with Crippen molar-refractivity contribution in [3.63, 3.8) is 0 Å². The molecule has 2 fully saturated rings. The van der Waals surface area contributed by atoms with Gasteiger partial charge >= 0.3 is 12.2 Å². The minimum Gasteiger partial charge on any atom is -0.379 e. The minimum atomic E-state index is -4.17. The third-order valence-electron chi connectivity index (χ3n) is 3.32. The van der Waals surface area contributed by atoms with E-state index in [1.54, 1.807) is 4.90 Å². The lowest BCUT2D eigenvalue weighted by atomic mass is 10.2. The Hall–Kier alpha value is -1.02. The average molecular weight is 281 g/mol. The van der Waals surface area contributed by atoms with Crippen molar-refractivity contribution in [3.8, 4) is 0 Å². The molecule has 0 radical (unpaired) electrons. The summed E-state index contributed by atoms with van der Waals surface area (Å²) in [7, 11) is 0. The topological polar surface area (TPSA) is 44.8 Å². The molecule has 2 aliphatic heterocycles. The summed E-state index contributed by atoms with van der Waals surface area (Å²) in [6, 6.07) is -0.178. The first-order valence-corrected chi connectivity index (χ1v) is 6.36. The van der Waals surface area contributed by atoms with E-state index in [4.69, 9.17) is 4.74 Å². The molecule has 0 aromatic carbocycles. The third kappa shape index (κ3) is 4.54. The quantitative estimate of drug-likeness (QED) is 0.809. The van der Waals surface area contributed by atoms with E-state index >= 15 is 0 Å². The van der Waals surface area contributed by atoms with Crippen LogP contribution in [0.15, 0.2) is 0 Å². The molecule has 2 heterocycles. The van der Waals surface area contributed by atoms with Crippen LogP contribution in [0.4, 0.5) is 18.0 Å². The molecule has 0 aliphatic carbocycles. The number of hydrogen-bond acceptors (Lipinski definition) is 3. The number of ether oxygens (including phenoxy) is 1.